The molecule has 6 heteroatoms. The van der Waals surface area contributed by atoms with E-state index in [2.05, 4.69) is 24.0 Å². The van der Waals surface area contributed by atoms with E-state index >= 15 is 0 Å². The quantitative estimate of drug-likeness (QED) is 0.428. The molecule has 2 atom stereocenters. The molecule has 1 aliphatic heterocycles. The highest BCUT2D eigenvalue weighted by molar-refractivity contribution is 5.92. The van der Waals surface area contributed by atoms with Gasteiger partial charge in [-0.25, -0.2) is 9.18 Å². The minimum absolute atomic E-state index is 0.122. The number of ether oxygens (including phenoxy) is 2. The average molecular weight is 384 g/mol. The first-order chi connectivity index (χ1) is 13.5. The summed E-state index contributed by atoms with van der Waals surface area (Å²) in [5.74, 6) is -0.783. The number of esters is 1. The van der Waals surface area contributed by atoms with Gasteiger partial charge in [-0.1, -0.05) is 12.1 Å². The summed E-state index contributed by atoms with van der Waals surface area (Å²) < 4.78 is 24.4. The van der Waals surface area contributed by atoms with Gasteiger partial charge in [0.15, 0.2) is 11.5 Å². The second-order valence-corrected chi connectivity index (χ2v) is 7.03. The van der Waals surface area contributed by atoms with E-state index < -0.39 is 11.8 Å². The second-order valence-electron chi connectivity index (χ2n) is 7.03. The van der Waals surface area contributed by atoms with Crippen LogP contribution in [0, 0.1) is 5.82 Å². The molecule has 0 aromatic heterocycles. The van der Waals surface area contributed by atoms with Crippen LogP contribution in [0.1, 0.15) is 49.0 Å². The van der Waals surface area contributed by atoms with Crippen molar-refractivity contribution in [3.05, 3.63) is 59.4 Å². The molecule has 0 bridgehead atoms. The Balaban J connectivity index is 1.76. The van der Waals surface area contributed by atoms with E-state index in [0.29, 0.717) is 17.8 Å². The highest BCUT2D eigenvalue weighted by Gasteiger charge is 2.22. The van der Waals surface area contributed by atoms with Crippen LogP contribution in [0.4, 0.5) is 4.39 Å². The highest BCUT2D eigenvalue weighted by atomic mass is 19.1. The Labute approximate surface area is 164 Å². The van der Waals surface area contributed by atoms with E-state index in [4.69, 9.17) is 9.47 Å². The molecule has 1 fully saturated rings. The maximum absolute atomic E-state index is 13.8. The van der Waals surface area contributed by atoms with Gasteiger partial charge >= 0.3 is 5.97 Å². The lowest BCUT2D eigenvalue weighted by molar-refractivity contribution is 0.0725. The van der Waals surface area contributed by atoms with E-state index in [9.17, 15) is 9.18 Å². The van der Waals surface area contributed by atoms with Crippen LogP contribution >= 0.6 is 0 Å². The summed E-state index contributed by atoms with van der Waals surface area (Å²) in [6.45, 7) is 4.36. The molecule has 0 saturated carbocycles. The number of benzene rings is 2. The number of nitrogens with zero attached hydrogens (tertiary/aromatic N) is 2. The largest absolute Gasteiger partial charge is 0.493 e. The predicted molar refractivity (Wildman–Crippen MR) is 107 cm³/mol. The third kappa shape index (κ3) is 4.50. The number of halogens is 1. The molecule has 2 aromatic rings. The molecule has 0 unspecified atom stereocenters. The molecule has 2 aromatic carbocycles. The molecule has 0 amide bonds. The fourth-order valence-electron chi connectivity index (χ4n) is 3.40. The molecular weight excluding hydrogens is 359 g/mol. The normalized spacial score (nSPS) is 19.6. The maximum Gasteiger partial charge on any atom is 0.346 e. The molecule has 28 heavy (non-hydrogen) atoms. The number of piperidine rings is 1. The number of hydrogen-bond donors (Lipinski definition) is 0. The van der Waals surface area contributed by atoms with E-state index in [0.717, 1.165) is 18.4 Å². The van der Waals surface area contributed by atoms with Crippen molar-refractivity contribution in [1.29, 1.82) is 0 Å². The van der Waals surface area contributed by atoms with E-state index in [1.807, 2.05) is 0 Å². The average Bonchev–Trinajstić information content (AvgIpc) is 2.68. The number of hydrogen-bond acceptors (Lipinski definition) is 5. The first kappa shape index (κ1) is 19.9. The van der Waals surface area contributed by atoms with Gasteiger partial charge in [-0.3, -0.25) is 5.01 Å². The summed E-state index contributed by atoms with van der Waals surface area (Å²) in [5, 5.41) is 6.76. The fraction of sp³-hybridized carbons (Fsp3) is 0.364. The van der Waals surface area contributed by atoms with Crippen LogP contribution in [0.5, 0.6) is 11.5 Å². The van der Waals surface area contributed by atoms with Gasteiger partial charge in [-0.2, -0.15) is 5.10 Å². The van der Waals surface area contributed by atoms with Crippen LogP contribution in [-0.4, -0.2) is 36.4 Å². The van der Waals surface area contributed by atoms with E-state index in [1.54, 1.807) is 30.5 Å². The van der Waals surface area contributed by atoms with Gasteiger partial charge in [0.25, 0.3) is 0 Å². The van der Waals surface area contributed by atoms with Gasteiger partial charge in [0.2, 0.25) is 0 Å². The molecule has 1 heterocycles. The fourth-order valence-corrected chi connectivity index (χ4v) is 3.40. The summed E-state index contributed by atoms with van der Waals surface area (Å²) in [4.78, 5) is 12.2. The zero-order valence-electron chi connectivity index (χ0n) is 16.4. The second kappa shape index (κ2) is 8.87. The monoisotopic (exact) mass is 384 g/mol. The first-order valence-corrected chi connectivity index (χ1v) is 9.46. The minimum atomic E-state index is -0.770. The van der Waals surface area contributed by atoms with E-state index in [1.165, 1.54) is 31.7 Å². The molecule has 0 spiro atoms. The molecule has 5 nitrogen and oxygen atoms in total. The Kier molecular flexibility index (Phi) is 6.29. The smallest absolute Gasteiger partial charge is 0.346 e. The predicted octanol–water partition coefficient (Wildman–Crippen LogP) is 4.65. The number of methoxy groups -OCH3 is 1. The van der Waals surface area contributed by atoms with E-state index in [-0.39, 0.29) is 11.3 Å². The lowest BCUT2D eigenvalue weighted by atomic mass is 10.00. The van der Waals surface area contributed by atoms with Gasteiger partial charge < -0.3 is 9.47 Å². The van der Waals surface area contributed by atoms with Crippen LogP contribution in [0.2, 0.25) is 0 Å². The van der Waals surface area contributed by atoms with Crippen LogP contribution in [0.15, 0.2) is 47.6 Å². The third-order valence-electron chi connectivity index (χ3n) is 4.97. The Bertz CT molecular complexity index is 859. The van der Waals surface area contributed by atoms with Gasteiger partial charge in [0.05, 0.1) is 18.9 Å². The molecule has 148 valence electrons. The van der Waals surface area contributed by atoms with Crippen LogP contribution in [0.3, 0.4) is 0 Å². The Morgan fingerprint density at radius 1 is 1.14 bits per heavy atom. The Hall–Kier alpha value is -2.89. The summed E-state index contributed by atoms with van der Waals surface area (Å²) in [6.07, 6.45) is 5.28. The third-order valence-corrected chi connectivity index (χ3v) is 4.97. The van der Waals surface area contributed by atoms with Crippen molar-refractivity contribution in [2.45, 2.75) is 45.2 Å². The standard InChI is InChI=1S/C22H25FN2O3/c1-15-7-6-8-16(2)25(15)24-14-17-11-12-20(21(13-17)27-3)28-22(26)18-9-4-5-10-19(18)23/h4-5,9-16H,6-8H2,1-3H3/b24-14-/t15-,16-/m0/s1. The van der Waals surface area contributed by atoms with Gasteiger partial charge in [-0.05, 0) is 69.0 Å². The molecule has 0 N–H and O–H groups in total. The summed E-state index contributed by atoms with van der Waals surface area (Å²) in [5.41, 5.74) is 0.704. The number of carbonyl (C=O) groups excluding carboxylic acids is 1. The Morgan fingerprint density at radius 3 is 2.54 bits per heavy atom. The lowest BCUT2D eigenvalue weighted by Gasteiger charge is -2.36. The van der Waals surface area contributed by atoms with Crippen LogP contribution < -0.4 is 9.47 Å². The molecule has 1 aliphatic rings. The zero-order valence-corrected chi connectivity index (χ0v) is 16.4. The van der Waals surface area contributed by atoms with Crippen LogP contribution in [-0.2, 0) is 0 Å². The summed E-state index contributed by atoms with van der Waals surface area (Å²) >= 11 is 0. The Morgan fingerprint density at radius 2 is 1.86 bits per heavy atom. The van der Waals surface area contributed by atoms with Crippen molar-refractivity contribution in [1.82, 2.24) is 5.01 Å². The maximum atomic E-state index is 13.8. The lowest BCUT2D eigenvalue weighted by Crippen LogP contribution is -2.39. The van der Waals surface area contributed by atoms with Gasteiger partial charge in [0, 0.05) is 12.1 Å². The number of carbonyl (C=O) groups is 1. The van der Waals surface area contributed by atoms with Crippen molar-refractivity contribution in [3.8, 4) is 11.5 Å². The van der Waals surface area contributed by atoms with Crippen molar-refractivity contribution < 1.29 is 18.7 Å². The van der Waals surface area contributed by atoms with Crippen molar-refractivity contribution in [3.63, 3.8) is 0 Å². The van der Waals surface area contributed by atoms with Crippen molar-refractivity contribution >= 4 is 12.2 Å². The van der Waals surface area contributed by atoms with Crippen LogP contribution in [0.25, 0.3) is 0 Å². The summed E-state index contributed by atoms with van der Waals surface area (Å²) in [7, 11) is 1.49. The van der Waals surface area contributed by atoms with Crippen molar-refractivity contribution in [2.75, 3.05) is 7.11 Å². The number of rotatable bonds is 5. The van der Waals surface area contributed by atoms with Crippen molar-refractivity contribution in [2.24, 2.45) is 5.10 Å². The minimum Gasteiger partial charge on any atom is -0.493 e. The highest BCUT2D eigenvalue weighted by Crippen LogP contribution is 2.29. The van der Waals surface area contributed by atoms with Gasteiger partial charge in [-0.15, -0.1) is 0 Å². The summed E-state index contributed by atoms with van der Waals surface area (Å²) in [6, 6.07) is 11.7. The zero-order chi connectivity index (χ0) is 20.1. The molecule has 0 radical (unpaired) electrons. The van der Waals surface area contributed by atoms with Gasteiger partial charge in [0.1, 0.15) is 5.82 Å². The molecular formula is C22H25FN2O3. The first-order valence-electron chi connectivity index (χ1n) is 9.46. The number of hydrazone groups is 1. The molecule has 1 saturated heterocycles. The molecule has 3 rings (SSSR count). The molecule has 0 aliphatic carbocycles. The topological polar surface area (TPSA) is 51.1 Å². The SMILES string of the molecule is COc1cc(/C=N\N2[C@@H](C)CCC[C@@H]2C)ccc1OC(=O)c1ccccc1F.